The van der Waals surface area contributed by atoms with Gasteiger partial charge in [0, 0.05) is 49.3 Å². The van der Waals surface area contributed by atoms with E-state index in [4.69, 9.17) is 4.42 Å². The van der Waals surface area contributed by atoms with E-state index in [2.05, 4.69) is 20.4 Å². The average molecular weight is 423 g/mol. The number of amides is 1. The first-order valence-corrected chi connectivity index (χ1v) is 10.3. The first-order chi connectivity index (χ1) is 15.0. The maximum absolute atomic E-state index is 13.5. The minimum Gasteiger partial charge on any atom is -0.419 e. The number of piperidine rings is 1. The van der Waals surface area contributed by atoms with Crippen molar-refractivity contribution in [1.29, 1.82) is 0 Å². The molecule has 0 radical (unpaired) electrons. The largest absolute Gasteiger partial charge is 0.419 e. The summed E-state index contributed by atoms with van der Waals surface area (Å²) in [5, 5.41) is 10.9. The summed E-state index contributed by atoms with van der Waals surface area (Å²) in [5.41, 5.74) is 1.26. The van der Waals surface area contributed by atoms with E-state index in [0.717, 1.165) is 18.7 Å². The Kier molecular flexibility index (Phi) is 4.90. The second kappa shape index (κ2) is 7.73. The number of likely N-dealkylation sites (N-methyl/N-ethyl adjacent to an activating group) is 1. The molecular formula is C22H22FN5O3. The van der Waals surface area contributed by atoms with Crippen LogP contribution in [0, 0.1) is 11.7 Å². The fourth-order valence-electron chi connectivity index (χ4n) is 4.89. The number of carbonyl (C=O) groups is 1. The van der Waals surface area contributed by atoms with Gasteiger partial charge in [0.15, 0.2) is 0 Å². The number of hydrogen-bond acceptors (Lipinski definition) is 6. The van der Waals surface area contributed by atoms with E-state index < -0.39 is 6.04 Å². The van der Waals surface area contributed by atoms with Crippen LogP contribution in [-0.2, 0) is 11.3 Å². The fraction of sp³-hybridized carbons (Fsp3) is 0.364. The minimum atomic E-state index is -0.543. The molecule has 0 unspecified atom stereocenters. The summed E-state index contributed by atoms with van der Waals surface area (Å²) in [7, 11) is 1.59. The van der Waals surface area contributed by atoms with Crippen molar-refractivity contribution in [3.8, 4) is 11.5 Å². The summed E-state index contributed by atoms with van der Waals surface area (Å²) >= 11 is 0. The Morgan fingerprint density at radius 2 is 2.06 bits per heavy atom. The van der Waals surface area contributed by atoms with Crippen molar-refractivity contribution in [2.24, 2.45) is 5.92 Å². The molecule has 31 heavy (non-hydrogen) atoms. The van der Waals surface area contributed by atoms with E-state index in [-0.39, 0.29) is 35.0 Å². The van der Waals surface area contributed by atoms with E-state index in [1.165, 1.54) is 18.2 Å². The van der Waals surface area contributed by atoms with Gasteiger partial charge in [-0.15, -0.1) is 10.2 Å². The number of nitrogens with zero attached hydrogens (tertiary/aromatic N) is 4. The zero-order valence-electron chi connectivity index (χ0n) is 17.0. The molecule has 1 aromatic carbocycles. The van der Waals surface area contributed by atoms with Crippen molar-refractivity contribution in [3.05, 3.63) is 70.2 Å². The third-order valence-electron chi connectivity index (χ3n) is 6.14. The highest BCUT2D eigenvalue weighted by molar-refractivity contribution is 5.80. The van der Waals surface area contributed by atoms with Gasteiger partial charge < -0.3 is 9.73 Å². The Balaban J connectivity index is 1.41. The Labute approximate surface area is 177 Å². The van der Waals surface area contributed by atoms with Crippen molar-refractivity contribution >= 4 is 5.91 Å². The van der Waals surface area contributed by atoms with Crippen molar-refractivity contribution in [3.63, 3.8) is 0 Å². The lowest BCUT2D eigenvalue weighted by molar-refractivity contribution is -0.127. The average Bonchev–Trinajstić information content (AvgIpc) is 3.22. The number of likely N-dealkylation sites (tertiary alicyclic amines) is 1. The van der Waals surface area contributed by atoms with Gasteiger partial charge in [-0.2, -0.15) is 0 Å². The minimum absolute atomic E-state index is 0.00286. The molecule has 160 valence electrons. The molecule has 5 rings (SSSR count). The molecule has 2 aromatic heterocycles. The number of aromatic nitrogens is 3. The van der Waals surface area contributed by atoms with Crippen LogP contribution in [0.2, 0.25) is 0 Å². The molecular weight excluding hydrogens is 401 g/mol. The second-order valence-electron chi connectivity index (χ2n) is 8.12. The third kappa shape index (κ3) is 3.54. The Morgan fingerprint density at radius 3 is 2.87 bits per heavy atom. The summed E-state index contributed by atoms with van der Waals surface area (Å²) in [6, 6.07) is 10.7. The van der Waals surface area contributed by atoms with Crippen LogP contribution in [0.15, 0.2) is 51.7 Å². The highest BCUT2D eigenvalue weighted by atomic mass is 19.1. The lowest BCUT2D eigenvalue weighted by atomic mass is 9.78. The molecule has 0 aliphatic carbocycles. The molecule has 3 aromatic rings. The molecule has 0 saturated carbocycles. The summed E-state index contributed by atoms with van der Waals surface area (Å²) < 4.78 is 20.9. The van der Waals surface area contributed by atoms with E-state index in [1.54, 1.807) is 29.8 Å². The van der Waals surface area contributed by atoms with Gasteiger partial charge in [-0.1, -0.05) is 12.1 Å². The molecule has 1 saturated heterocycles. The van der Waals surface area contributed by atoms with Crippen molar-refractivity contribution in [1.82, 2.24) is 25.0 Å². The van der Waals surface area contributed by atoms with Gasteiger partial charge in [-0.25, -0.2) is 4.39 Å². The molecule has 2 aliphatic heterocycles. The predicted octanol–water partition coefficient (Wildman–Crippen LogP) is 1.94. The number of fused-ring (bicyclic) bond motifs is 4. The monoisotopic (exact) mass is 423 g/mol. The fourth-order valence-corrected chi connectivity index (χ4v) is 4.89. The second-order valence-corrected chi connectivity index (χ2v) is 8.12. The standard InChI is InChI=1S/C22H22FN5O3/c1-24-21(30)20-15-8-14(17-6-3-7-19(29)28(17)20)10-27(11-15)12-18-25-26-22(31-18)13-4-2-5-16(23)9-13/h2-7,9,14-15,20H,8,10-12H2,1H3,(H,24,30)/t14-,15+,20-/m1/s1. The van der Waals surface area contributed by atoms with Crippen LogP contribution in [0.25, 0.3) is 11.5 Å². The number of rotatable bonds is 4. The van der Waals surface area contributed by atoms with Gasteiger partial charge in [-0.3, -0.25) is 19.1 Å². The van der Waals surface area contributed by atoms with Gasteiger partial charge in [0.25, 0.3) is 5.56 Å². The van der Waals surface area contributed by atoms with Crippen LogP contribution in [0.5, 0.6) is 0 Å². The van der Waals surface area contributed by atoms with E-state index >= 15 is 0 Å². The molecule has 1 fully saturated rings. The number of benzene rings is 1. The summed E-state index contributed by atoms with van der Waals surface area (Å²) in [4.78, 5) is 27.4. The van der Waals surface area contributed by atoms with Gasteiger partial charge >= 0.3 is 0 Å². The first-order valence-electron chi connectivity index (χ1n) is 10.3. The van der Waals surface area contributed by atoms with Gasteiger partial charge in [0.2, 0.25) is 17.7 Å². The summed E-state index contributed by atoms with van der Waals surface area (Å²) in [5.74, 6) is 0.311. The van der Waals surface area contributed by atoms with E-state index in [0.29, 0.717) is 24.5 Å². The van der Waals surface area contributed by atoms with Crippen LogP contribution in [0.4, 0.5) is 4.39 Å². The number of nitrogens with one attached hydrogen (secondary N) is 1. The topological polar surface area (TPSA) is 93.3 Å². The smallest absolute Gasteiger partial charge is 0.251 e. The summed E-state index contributed by atoms with van der Waals surface area (Å²) in [6.07, 6.45) is 0.844. The van der Waals surface area contributed by atoms with Crippen molar-refractivity contribution in [2.45, 2.75) is 24.9 Å². The van der Waals surface area contributed by atoms with Crippen LogP contribution < -0.4 is 10.9 Å². The highest BCUT2D eigenvalue weighted by Gasteiger charge is 2.43. The molecule has 2 aliphatic rings. The van der Waals surface area contributed by atoms with Crippen LogP contribution >= 0.6 is 0 Å². The first kappa shape index (κ1) is 19.6. The molecule has 3 atom stereocenters. The number of halogens is 1. The lowest BCUT2D eigenvalue weighted by Gasteiger charge is -2.45. The third-order valence-corrected chi connectivity index (χ3v) is 6.14. The van der Waals surface area contributed by atoms with Crippen molar-refractivity contribution in [2.75, 3.05) is 20.1 Å². The van der Waals surface area contributed by atoms with Crippen molar-refractivity contribution < 1.29 is 13.6 Å². The molecule has 1 N–H and O–H groups in total. The van der Waals surface area contributed by atoms with Gasteiger partial charge in [0.1, 0.15) is 11.9 Å². The van der Waals surface area contributed by atoms with Gasteiger partial charge in [-0.05, 0) is 30.7 Å². The quantitative estimate of drug-likeness (QED) is 0.690. The highest BCUT2D eigenvalue weighted by Crippen LogP contribution is 2.41. The Bertz CT molecular complexity index is 1190. The molecule has 1 amide bonds. The number of hydrogen-bond donors (Lipinski definition) is 1. The lowest BCUT2D eigenvalue weighted by Crippen LogP contribution is -2.52. The molecule has 0 spiro atoms. The predicted molar refractivity (Wildman–Crippen MR) is 110 cm³/mol. The number of carbonyl (C=O) groups excluding carboxylic acids is 1. The Morgan fingerprint density at radius 1 is 1.23 bits per heavy atom. The maximum Gasteiger partial charge on any atom is 0.251 e. The van der Waals surface area contributed by atoms with E-state index in [9.17, 15) is 14.0 Å². The zero-order valence-corrected chi connectivity index (χ0v) is 17.0. The Hall–Kier alpha value is -3.33. The molecule has 9 heteroatoms. The zero-order chi connectivity index (χ0) is 21.5. The van der Waals surface area contributed by atoms with Crippen LogP contribution in [0.3, 0.4) is 0 Å². The van der Waals surface area contributed by atoms with Crippen LogP contribution in [-0.4, -0.2) is 45.7 Å². The normalized spacial score (nSPS) is 22.7. The molecule has 2 bridgehead atoms. The number of pyridine rings is 1. The van der Waals surface area contributed by atoms with Crippen LogP contribution in [0.1, 0.15) is 30.0 Å². The van der Waals surface area contributed by atoms with Gasteiger partial charge in [0.05, 0.1) is 6.54 Å². The maximum atomic E-state index is 13.5. The summed E-state index contributed by atoms with van der Waals surface area (Å²) in [6.45, 7) is 1.78. The molecule has 4 heterocycles. The van der Waals surface area contributed by atoms with E-state index in [1.807, 2.05) is 6.07 Å². The molecule has 8 nitrogen and oxygen atoms in total. The SMILES string of the molecule is CNC(=O)[C@H]1[C@H]2C[C@H](CN(Cc3nnc(-c4cccc(F)c4)o3)C2)c2cccc(=O)n21.